The summed E-state index contributed by atoms with van der Waals surface area (Å²) in [5.74, 6) is -0.1000. The van der Waals surface area contributed by atoms with Gasteiger partial charge in [-0.15, -0.1) is 0 Å². The number of rotatable bonds is 3. The maximum Gasteiger partial charge on any atom is 0.329 e. The molecule has 0 saturated heterocycles. The predicted octanol–water partition coefficient (Wildman–Crippen LogP) is 5.55. The summed E-state index contributed by atoms with van der Waals surface area (Å²) in [5, 5.41) is 2.39. The fourth-order valence-electron chi connectivity index (χ4n) is 2.86. The Hall–Kier alpha value is -3.65. The van der Waals surface area contributed by atoms with Crippen LogP contribution in [0.2, 0.25) is 0 Å². The molecule has 1 heterocycles. The summed E-state index contributed by atoms with van der Waals surface area (Å²) in [5.41, 5.74) is 3.38. The summed E-state index contributed by atoms with van der Waals surface area (Å²) in [6.45, 7) is 1.83. The molecule has 0 spiro atoms. The first-order valence-electron chi connectivity index (χ1n) is 9.00. The fourth-order valence-corrected chi connectivity index (χ4v) is 3.43. The molecule has 1 aromatic heterocycles. The number of carbonyl (C=O) groups excluding carboxylic acids is 2. The van der Waals surface area contributed by atoms with E-state index in [0.717, 1.165) is 5.56 Å². The first kappa shape index (κ1) is 19.7. The first-order valence-corrected chi connectivity index (χ1v) is 9.81. The van der Waals surface area contributed by atoms with Gasteiger partial charge in [-0.2, -0.15) is 0 Å². The van der Waals surface area contributed by atoms with Crippen LogP contribution in [0.15, 0.2) is 71.1 Å². The molecular formula is C22H16FN3O3S. The highest BCUT2D eigenvalue weighted by molar-refractivity contribution is 8.12. The summed E-state index contributed by atoms with van der Waals surface area (Å²) in [6.07, 6.45) is 0. The van der Waals surface area contributed by atoms with Crippen LogP contribution in [0.3, 0.4) is 0 Å². The fraction of sp³-hybridized carbons (Fsp3) is 0.0455. The number of aromatic nitrogens is 1. The van der Waals surface area contributed by atoms with E-state index < -0.39 is 6.03 Å². The second kappa shape index (κ2) is 8.38. The average molecular weight is 421 g/mol. The summed E-state index contributed by atoms with van der Waals surface area (Å²) in [7, 11) is 0. The number of fused-ring (bicyclic) bond motifs is 1. The standard InChI is InChI=1S/C22H16FN3O3S/c1-13-5-2-3-8-17(13)21(27)30-26-22(28)24-16-9-10-19-18(12-16)25-20(29-19)14-6-4-7-15(23)11-14/h2-12H,1H3,(H2,24,26,28). The lowest BCUT2D eigenvalue weighted by Gasteiger charge is -2.07. The van der Waals surface area contributed by atoms with E-state index in [4.69, 9.17) is 4.42 Å². The van der Waals surface area contributed by atoms with E-state index in [1.54, 1.807) is 42.5 Å². The second-order valence-corrected chi connectivity index (χ2v) is 7.25. The molecule has 4 aromatic rings. The average Bonchev–Trinajstić information content (AvgIpc) is 3.16. The van der Waals surface area contributed by atoms with E-state index in [1.807, 2.05) is 19.1 Å². The molecule has 0 atom stereocenters. The Morgan fingerprint density at radius 2 is 1.87 bits per heavy atom. The smallest absolute Gasteiger partial charge is 0.329 e. The van der Waals surface area contributed by atoms with Crippen molar-refractivity contribution in [1.82, 2.24) is 9.71 Å². The van der Waals surface area contributed by atoms with E-state index in [0.29, 0.717) is 39.9 Å². The van der Waals surface area contributed by atoms with Gasteiger partial charge in [-0.05, 0) is 48.9 Å². The van der Waals surface area contributed by atoms with Gasteiger partial charge in [0.15, 0.2) is 5.58 Å². The SMILES string of the molecule is Cc1ccccc1C(=O)SNC(=O)Nc1ccc2oc(-c3cccc(F)c3)nc2c1. The zero-order valence-electron chi connectivity index (χ0n) is 15.8. The normalized spacial score (nSPS) is 10.7. The number of nitrogens with one attached hydrogen (secondary N) is 2. The highest BCUT2D eigenvalue weighted by Gasteiger charge is 2.13. The van der Waals surface area contributed by atoms with Crippen LogP contribution in [0.1, 0.15) is 15.9 Å². The lowest BCUT2D eigenvalue weighted by molar-refractivity contribution is 0.108. The quantitative estimate of drug-likeness (QED) is 0.424. The van der Waals surface area contributed by atoms with E-state index in [9.17, 15) is 14.0 Å². The predicted molar refractivity (Wildman–Crippen MR) is 115 cm³/mol. The number of halogens is 1. The largest absolute Gasteiger partial charge is 0.436 e. The summed E-state index contributed by atoms with van der Waals surface area (Å²) in [6, 6.07) is 17.5. The maximum atomic E-state index is 13.4. The molecule has 6 nitrogen and oxygen atoms in total. The monoisotopic (exact) mass is 421 g/mol. The van der Waals surface area contributed by atoms with Crippen molar-refractivity contribution < 1.29 is 18.4 Å². The summed E-state index contributed by atoms with van der Waals surface area (Å²) >= 11 is 0.707. The van der Waals surface area contributed by atoms with Crippen LogP contribution in [0, 0.1) is 12.7 Å². The maximum absolute atomic E-state index is 13.4. The summed E-state index contributed by atoms with van der Waals surface area (Å²) < 4.78 is 21.6. The van der Waals surface area contributed by atoms with Crippen molar-refractivity contribution in [2.24, 2.45) is 0 Å². The third-order valence-corrected chi connectivity index (χ3v) is 5.01. The number of urea groups is 1. The van der Waals surface area contributed by atoms with Crippen molar-refractivity contribution >= 4 is 39.9 Å². The van der Waals surface area contributed by atoms with Gasteiger partial charge in [0.2, 0.25) is 11.0 Å². The van der Waals surface area contributed by atoms with Crippen LogP contribution >= 0.6 is 11.9 Å². The Balaban J connectivity index is 1.43. The van der Waals surface area contributed by atoms with Gasteiger partial charge in [-0.3, -0.25) is 9.52 Å². The Kier molecular flexibility index (Phi) is 5.49. The highest BCUT2D eigenvalue weighted by Crippen LogP contribution is 2.26. The molecule has 8 heteroatoms. The molecule has 4 rings (SSSR count). The molecule has 0 aliphatic heterocycles. The summed E-state index contributed by atoms with van der Waals surface area (Å²) in [4.78, 5) is 28.7. The Morgan fingerprint density at radius 3 is 2.67 bits per heavy atom. The number of hydrogen-bond acceptors (Lipinski definition) is 5. The van der Waals surface area contributed by atoms with Gasteiger partial charge in [-0.25, -0.2) is 14.2 Å². The van der Waals surface area contributed by atoms with Gasteiger partial charge < -0.3 is 9.73 Å². The van der Waals surface area contributed by atoms with Gasteiger partial charge in [0, 0.05) is 28.8 Å². The Morgan fingerprint density at radius 1 is 1.03 bits per heavy atom. The number of amides is 2. The van der Waals surface area contributed by atoms with Gasteiger partial charge in [0.25, 0.3) is 0 Å². The minimum absolute atomic E-state index is 0.255. The van der Waals surface area contributed by atoms with Crippen molar-refractivity contribution in [2.75, 3.05) is 5.32 Å². The molecule has 150 valence electrons. The minimum atomic E-state index is -0.546. The number of benzene rings is 3. The Bertz CT molecular complexity index is 1260. The number of nitrogens with zero attached hydrogens (tertiary/aromatic N) is 1. The number of anilines is 1. The van der Waals surface area contributed by atoms with Crippen LogP contribution in [-0.4, -0.2) is 16.1 Å². The minimum Gasteiger partial charge on any atom is -0.436 e. The van der Waals surface area contributed by atoms with Crippen LogP contribution in [0.25, 0.3) is 22.6 Å². The van der Waals surface area contributed by atoms with Crippen LogP contribution in [0.4, 0.5) is 14.9 Å². The number of carbonyl (C=O) groups is 2. The number of oxazole rings is 1. The van der Waals surface area contributed by atoms with Crippen LogP contribution in [-0.2, 0) is 0 Å². The number of aryl methyl sites for hydroxylation is 1. The molecule has 0 radical (unpaired) electrons. The molecule has 30 heavy (non-hydrogen) atoms. The van der Waals surface area contributed by atoms with Crippen molar-refractivity contribution in [3.8, 4) is 11.5 Å². The topological polar surface area (TPSA) is 84.2 Å². The van der Waals surface area contributed by atoms with Crippen molar-refractivity contribution in [3.05, 3.63) is 83.7 Å². The molecule has 2 N–H and O–H groups in total. The molecular weight excluding hydrogens is 405 g/mol. The van der Waals surface area contributed by atoms with Crippen molar-refractivity contribution in [2.45, 2.75) is 6.92 Å². The molecule has 0 saturated carbocycles. The van der Waals surface area contributed by atoms with Crippen molar-refractivity contribution in [1.29, 1.82) is 0 Å². The molecule has 0 fully saturated rings. The highest BCUT2D eigenvalue weighted by atomic mass is 32.2. The molecule has 3 aromatic carbocycles. The van der Waals surface area contributed by atoms with Crippen LogP contribution in [0.5, 0.6) is 0 Å². The second-order valence-electron chi connectivity index (χ2n) is 6.47. The molecule has 0 bridgehead atoms. The lowest BCUT2D eigenvalue weighted by atomic mass is 10.1. The molecule has 0 aliphatic carbocycles. The van der Waals surface area contributed by atoms with E-state index in [1.165, 1.54) is 12.1 Å². The molecule has 0 unspecified atom stereocenters. The molecule has 2 amide bonds. The molecule has 0 aliphatic rings. The zero-order chi connectivity index (χ0) is 21.1. The van der Waals surface area contributed by atoms with Gasteiger partial charge >= 0.3 is 6.03 Å². The van der Waals surface area contributed by atoms with Gasteiger partial charge in [0.1, 0.15) is 11.3 Å². The zero-order valence-corrected chi connectivity index (χ0v) is 16.6. The van der Waals surface area contributed by atoms with E-state index in [-0.39, 0.29) is 16.8 Å². The van der Waals surface area contributed by atoms with E-state index in [2.05, 4.69) is 15.0 Å². The third kappa shape index (κ3) is 4.33. The Labute approximate surface area is 175 Å². The van der Waals surface area contributed by atoms with Crippen LogP contribution < -0.4 is 10.0 Å². The van der Waals surface area contributed by atoms with Crippen molar-refractivity contribution in [3.63, 3.8) is 0 Å². The number of hydrogen-bond donors (Lipinski definition) is 2. The van der Waals surface area contributed by atoms with Gasteiger partial charge in [0.05, 0.1) is 0 Å². The van der Waals surface area contributed by atoms with Gasteiger partial charge in [-0.1, -0.05) is 30.3 Å². The lowest BCUT2D eigenvalue weighted by Crippen LogP contribution is -2.24. The first-order chi connectivity index (χ1) is 14.5. The third-order valence-electron chi connectivity index (χ3n) is 4.32. The van der Waals surface area contributed by atoms with E-state index >= 15 is 0 Å².